The van der Waals surface area contributed by atoms with Crippen LogP contribution >= 0.6 is 0 Å². The zero-order valence-electron chi connectivity index (χ0n) is 16.8. The van der Waals surface area contributed by atoms with E-state index in [1.807, 2.05) is 24.3 Å². The van der Waals surface area contributed by atoms with Crippen LogP contribution in [-0.2, 0) is 13.0 Å². The van der Waals surface area contributed by atoms with E-state index in [-0.39, 0.29) is 23.5 Å². The molecule has 31 heavy (non-hydrogen) atoms. The number of carbonyl (C=O) groups is 1. The van der Waals surface area contributed by atoms with Gasteiger partial charge in [0.05, 0.1) is 5.39 Å². The number of hydrogen-bond acceptors (Lipinski definition) is 7. The topological polar surface area (TPSA) is 102 Å². The molecule has 0 saturated carbocycles. The van der Waals surface area contributed by atoms with Crippen LogP contribution in [0, 0.1) is 0 Å². The van der Waals surface area contributed by atoms with E-state index in [4.69, 9.17) is 18.3 Å². The summed E-state index contributed by atoms with van der Waals surface area (Å²) >= 11 is 0. The van der Waals surface area contributed by atoms with Crippen LogP contribution in [0.1, 0.15) is 35.2 Å². The van der Waals surface area contributed by atoms with E-state index in [2.05, 4.69) is 6.92 Å². The quantitative estimate of drug-likeness (QED) is 0.424. The maximum Gasteiger partial charge on any atom is 0.235 e. The van der Waals surface area contributed by atoms with E-state index in [0.717, 1.165) is 12.8 Å². The number of fused-ring (bicyclic) bond motifs is 1. The van der Waals surface area contributed by atoms with Gasteiger partial charge < -0.3 is 28.2 Å². The fourth-order valence-corrected chi connectivity index (χ4v) is 3.11. The Bertz CT molecular complexity index is 1270. The van der Waals surface area contributed by atoms with Crippen LogP contribution in [0.15, 0.2) is 74.5 Å². The number of carbonyl (C=O) groups excluding carboxylic acids is 1. The second kappa shape index (κ2) is 8.79. The third-order valence-corrected chi connectivity index (χ3v) is 4.65. The van der Waals surface area contributed by atoms with Crippen LogP contribution < -0.4 is 20.0 Å². The van der Waals surface area contributed by atoms with Gasteiger partial charge in [-0.05, 0) is 48.4 Å². The highest BCUT2D eigenvalue weighted by Gasteiger charge is 2.11. The SMILES string of the molecule is CCCc1ccc(Oc2coc3cc(OCc4ccc(C(=O)[O-])o4)ccc3c2=O)cc1. The van der Waals surface area contributed by atoms with E-state index in [1.54, 1.807) is 18.2 Å². The molecule has 0 saturated heterocycles. The lowest BCUT2D eigenvalue weighted by molar-refractivity contribution is -0.257. The Morgan fingerprint density at radius 1 is 1.03 bits per heavy atom. The Labute approximate surface area is 177 Å². The van der Waals surface area contributed by atoms with Crippen molar-refractivity contribution in [3.05, 3.63) is 88.2 Å². The first-order valence-corrected chi connectivity index (χ1v) is 9.78. The molecule has 0 unspecified atom stereocenters. The molecule has 7 nitrogen and oxygen atoms in total. The van der Waals surface area contributed by atoms with Crippen LogP contribution in [0.2, 0.25) is 0 Å². The Morgan fingerprint density at radius 3 is 2.52 bits per heavy atom. The molecule has 0 spiro atoms. The largest absolute Gasteiger partial charge is 0.542 e. The molecule has 2 heterocycles. The first-order chi connectivity index (χ1) is 15.0. The van der Waals surface area contributed by atoms with Crippen molar-refractivity contribution in [2.45, 2.75) is 26.4 Å². The van der Waals surface area contributed by atoms with Crippen LogP contribution in [0.3, 0.4) is 0 Å². The minimum atomic E-state index is -1.39. The molecule has 0 aliphatic heterocycles. The molecule has 7 heteroatoms. The maximum atomic E-state index is 12.8. The van der Waals surface area contributed by atoms with E-state index in [0.29, 0.717) is 28.2 Å². The fourth-order valence-electron chi connectivity index (χ4n) is 3.11. The van der Waals surface area contributed by atoms with Gasteiger partial charge in [0.15, 0.2) is 0 Å². The summed E-state index contributed by atoms with van der Waals surface area (Å²) in [4.78, 5) is 23.5. The van der Waals surface area contributed by atoms with Crippen LogP contribution in [0.5, 0.6) is 17.2 Å². The highest BCUT2D eigenvalue weighted by Crippen LogP contribution is 2.25. The van der Waals surface area contributed by atoms with E-state index in [9.17, 15) is 14.7 Å². The van der Waals surface area contributed by atoms with Crippen LogP contribution in [-0.4, -0.2) is 5.97 Å². The highest BCUT2D eigenvalue weighted by molar-refractivity contribution is 5.82. The Balaban J connectivity index is 1.49. The average Bonchev–Trinajstić information content (AvgIpc) is 3.25. The smallest absolute Gasteiger partial charge is 0.235 e. The van der Waals surface area contributed by atoms with Crippen molar-refractivity contribution in [3.8, 4) is 17.2 Å². The zero-order valence-corrected chi connectivity index (χ0v) is 16.8. The van der Waals surface area contributed by atoms with E-state index in [1.165, 1.54) is 24.0 Å². The molecule has 4 rings (SSSR count). The molecule has 0 fully saturated rings. The van der Waals surface area contributed by atoms with Crippen molar-refractivity contribution < 1.29 is 28.2 Å². The number of furan rings is 1. The number of ether oxygens (including phenoxy) is 2. The van der Waals surface area contributed by atoms with Gasteiger partial charge in [-0.3, -0.25) is 4.79 Å². The van der Waals surface area contributed by atoms with Crippen molar-refractivity contribution in [1.29, 1.82) is 0 Å². The van der Waals surface area contributed by atoms with Gasteiger partial charge in [0.1, 0.15) is 47.4 Å². The Hall–Kier alpha value is -4.00. The van der Waals surface area contributed by atoms with E-state index < -0.39 is 5.97 Å². The second-order valence-corrected chi connectivity index (χ2v) is 6.93. The number of benzene rings is 2. The zero-order chi connectivity index (χ0) is 21.8. The Kier molecular flexibility index (Phi) is 5.75. The molecule has 0 amide bonds. The number of aromatic carboxylic acids is 1. The standard InChI is InChI=1S/C24H20O7/c1-2-3-15-4-6-16(7-5-15)30-22-14-29-21-12-17(8-10-19(21)23(22)25)28-13-18-9-11-20(31-18)24(26)27/h4-12,14H,2-3,13H2,1H3,(H,26,27)/p-1. The van der Waals surface area contributed by atoms with Crippen molar-refractivity contribution in [3.63, 3.8) is 0 Å². The summed E-state index contributed by atoms with van der Waals surface area (Å²) in [5.41, 5.74) is 1.25. The van der Waals surface area contributed by atoms with Gasteiger partial charge in [-0.2, -0.15) is 0 Å². The molecule has 158 valence electrons. The normalized spacial score (nSPS) is 10.9. The van der Waals surface area contributed by atoms with Gasteiger partial charge in [0, 0.05) is 6.07 Å². The molecule has 4 aromatic rings. The molecule has 0 bridgehead atoms. The van der Waals surface area contributed by atoms with Gasteiger partial charge in [-0.25, -0.2) is 0 Å². The van der Waals surface area contributed by atoms with Crippen molar-refractivity contribution in [2.24, 2.45) is 0 Å². The van der Waals surface area contributed by atoms with Gasteiger partial charge in [0.2, 0.25) is 11.2 Å². The van der Waals surface area contributed by atoms with Crippen molar-refractivity contribution >= 4 is 16.9 Å². The summed E-state index contributed by atoms with van der Waals surface area (Å²) in [6.07, 6.45) is 3.32. The monoisotopic (exact) mass is 419 g/mol. The van der Waals surface area contributed by atoms with Gasteiger partial charge in [0.25, 0.3) is 0 Å². The molecule has 0 aliphatic rings. The summed E-state index contributed by atoms with van der Waals surface area (Å²) in [5, 5.41) is 11.1. The lowest BCUT2D eigenvalue weighted by Gasteiger charge is -2.08. The number of rotatable bonds is 8. The fraction of sp³-hybridized carbons (Fsp3) is 0.167. The highest BCUT2D eigenvalue weighted by atomic mass is 16.5. The van der Waals surface area contributed by atoms with Crippen LogP contribution in [0.25, 0.3) is 11.0 Å². The molecule has 0 aliphatic carbocycles. The van der Waals surface area contributed by atoms with Crippen LogP contribution in [0.4, 0.5) is 0 Å². The number of aryl methyl sites for hydroxylation is 1. The minimum absolute atomic E-state index is 0.0121. The lowest BCUT2D eigenvalue weighted by Crippen LogP contribution is -2.21. The first kappa shape index (κ1) is 20.3. The summed E-state index contributed by atoms with van der Waals surface area (Å²) in [6.45, 7) is 2.13. The number of carboxylic acids is 1. The first-order valence-electron chi connectivity index (χ1n) is 9.78. The third-order valence-electron chi connectivity index (χ3n) is 4.65. The summed E-state index contributed by atoms with van der Waals surface area (Å²) in [5.74, 6) is -0.253. The molecule has 2 aromatic carbocycles. The molecule has 0 radical (unpaired) electrons. The molecular formula is C24H19O7-. The average molecular weight is 419 g/mol. The summed E-state index contributed by atoms with van der Waals surface area (Å²) < 4.78 is 22.0. The predicted octanol–water partition coefficient (Wildman–Crippen LogP) is 4.07. The molecule has 2 aromatic heterocycles. The van der Waals surface area contributed by atoms with Gasteiger partial charge in [-0.1, -0.05) is 25.5 Å². The number of hydrogen-bond donors (Lipinski definition) is 0. The molecule has 0 N–H and O–H groups in total. The third kappa shape index (κ3) is 4.61. The molecular weight excluding hydrogens is 400 g/mol. The van der Waals surface area contributed by atoms with Crippen molar-refractivity contribution in [2.75, 3.05) is 0 Å². The second-order valence-electron chi connectivity index (χ2n) is 6.93. The Morgan fingerprint density at radius 2 is 1.81 bits per heavy atom. The number of carboxylic acid groups (broad SMARTS) is 1. The van der Waals surface area contributed by atoms with E-state index >= 15 is 0 Å². The lowest BCUT2D eigenvalue weighted by atomic mass is 10.1. The maximum absolute atomic E-state index is 12.8. The predicted molar refractivity (Wildman–Crippen MR) is 110 cm³/mol. The van der Waals surface area contributed by atoms with Gasteiger partial charge >= 0.3 is 0 Å². The minimum Gasteiger partial charge on any atom is -0.542 e. The summed E-state index contributed by atoms with van der Waals surface area (Å²) in [7, 11) is 0. The van der Waals surface area contributed by atoms with Gasteiger partial charge in [-0.15, -0.1) is 0 Å². The summed E-state index contributed by atoms with van der Waals surface area (Å²) in [6, 6.07) is 15.2. The van der Waals surface area contributed by atoms with Crippen molar-refractivity contribution in [1.82, 2.24) is 0 Å². The molecule has 0 atom stereocenters.